The maximum atomic E-state index is 11.3. The van der Waals surface area contributed by atoms with Crippen LogP contribution in [0.25, 0.3) is 0 Å². The number of nitrogens with zero attached hydrogens (tertiary/aromatic N) is 1. The number of nitrogens with one attached hydrogen (secondary N) is 1. The molecule has 1 heterocycles. The third-order valence-electron chi connectivity index (χ3n) is 2.30. The lowest BCUT2D eigenvalue weighted by Crippen LogP contribution is -2.29. The molecule has 1 atom stereocenters. The zero-order valence-electron chi connectivity index (χ0n) is 8.93. The summed E-state index contributed by atoms with van der Waals surface area (Å²) in [6, 6.07) is 1.27. The summed E-state index contributed by atoms with van der Waals surface area (Å²) >= 11 is 0. The summed E-state index contributed by atoms with van der Waals surface area (Å²) in [6.07, 6.45) is 2.34. The fraction of sp³-hybridized carbons (Fsp3) is 0.600. The second-order valence-corrected chi connectivity index (χ2v) is 3.61. The van der Waals surface area contributed by atoms with Gasteiger partial charge in [-0.05, 0) is 19.3 Å². The van der Waals surface area contributed by atoms with E-state index in [9.17, 15) is 14.7 Å². The molecule has 0 aromatic carbocycles. The molecule has 0 amide bonds. The third kappa shape index (κ3) is 4.00. The molecule has 0 aliphatic heterocycles. The minimum absolute atomic E-state index is 0.0513. The molecule has 0 aliphatic rings. The molecule has 1 unspecified atom stereocenters. The summed E-state index contributed by atoms with van der Waals surface area (Å²) in [7, 11) is 0. The normalized spacial score (nSPS) is 12.6. The number of hydrogen-bond acceptors (Lipinski definition) is 4. The third-order valence-corrected chi connectivity index (χ3v) is 2.30. The Kier molecular flexibility index (Phi) is 4.94. The van der Waals surface area contributed by atoms with Gasteiger partial charge >= 0.3 is 5.69 Å². The number of aliphatic hydroxyl groups is 2. The Morgan fingerprint density at radius 1 is 1.38 bits per heavy atom. The van der Waals surface area contributed by atoms with Crippen LogP contribution >= 0.6 is 0 Å². The van der Waals surface area contributed by atoms with Crippen molar-refractivity contribution < 1.29 is 10.2 Å². The monoisotopic (exact) mass is 228 g/mol. The van der Waals surface area contributed by atoms with E-state index in [1.807, 2.05) is 0 Å². The lowest BCUT2D eigenvalue weighted by Gasteiger charge is -2.10. The molecule has 1 aromatic rings. The predicted molar refractivity (Wildman–Crippen MR) is 58.3 cm³/mol. The maximum Gasteiger partial charge on any atom is 0.328 e. The van der Waals surface area contributed by atoms with Gasteiger partial charge in [0.25, 0.3) is 5.56 Å². The van der Waals surface area contributed by atoms with Gasteiger partial charge in [-0.15, -0.1) is 0 Å². The van der Waals surface area contributed by atoms with E-state index < -0.39 is 17.4 Å². The summed E-state index contributed by atoms with van der Waals surface area (Å²) < 4.78 is 1.34. The molecule has 0 bridgehead atoms. The first kappa shape index (κ1) is 12.7. The van der Waals surface area contributed by atoms with Crippen LogP contribution in [0.5, 0.6) is 0 Å². The quantitative estimate of drug-likeness (QED) is 0.585. The zero-order chi connectivity index (χ0) is 12.0. The number of H-pyrrole nitrogens is 1. The second kappa shape index (κ2) is 6.24. The molecule has 16 heavy (non-hydrogen) atoms. The zero-order valence-corrected chi connectivity index (χ0v) is 8.93. The van der Waals surface area contributed by atoms with Crippen molar-refractivity contribution in [2.75, 3.05) is 6.61 Å². The highest BCUT2D eigenvalue weighted by atomic mass is 16.3. The van der Waals surface area contributed by atoms with Crippen molar-refractivity contribution in [3.63, 3.8) is 0 Å². The Morgan fingerprint density at radius 2 is 2.12 bits per heavy atom. The summed E-state index contributed by atoms with van der Waals surface area (Å²) in [5, 5.41) is 18.1. The standard InChI is InChI=1S/C10H16N2O4/c13-7-1-2-8(14)3-5-12-6-4-9(15)11-10(12)16/h4,6,8,13-14H,1-3,5,7H2,(H,11,15,16). The van der Waals surface area contributed by atoms with Gasteiger partial charge in [-0.2, -0.15) is 0 Å². The minimum Gasteiger partial charge on any atom is -0.396 e. The van der Waals surface area contributed by atoms with Crippen LogP contribution in [0.15, 0.2) is 21.9 Å². The van der Waals surface area contributed by atoms with Gasteiger partial charge < -0.3 is 14.8 Å². The van der Waals surface area contributed by atoms with Gasteiger partial charge in [0.2, 0.25) is 0 Å². The lowest BCUT2D eigenvalue weighted by molar-refractivity contribution is 0.135. The number of aryl methyl sites for hydroxylation is 1. The second-order valence-electron chi connectivity index (χ2n) is 3.61. The number of aromatic amines is 1. The highest BCUT2D eigenvalue weighted by molar-refractivity contribution is 4.82. The molecule has 0 spiro atoms. The molecule has 0 fully saturated rings. The summed E-state index contributed by atoms with van der Waals surface area (Å²) in [4.78, 5) is 24.2. The lowest BCUT2D eigenvalue weighted by atomic mass is 10.1. The van der Waals surface area contributed by atoms with Crippen molar-refractivity contribution in [2.24, 2.45) is 0 Å². The van der Waals surface area contributed by atoms with Crippen LogP contribution < -0.4 is 11.2 Å². The Morgan fingerprint density at radius 3 is 2.75 bits per heavy atom. The number of rotatable bonds is 6. The van der Waals surface area contributed by atoms with E-state index in [1.165, 1.54) is 16.8 Å². The average molecular weight is 228 g/mol. The Bertz CT molecular complexity index is 423. The van der Waals surface area contributed by atoms with Crippen molar-refractivity contribution in [3.05, 3.63) is 33.1 Å². The molecule has 6 nitrogen and oxygen atoms in total. The van der Waals surface area contributed by atoms with Gasteiger partial charge in [-0.25, -0.2) is 4.79 Å². The molecule has 90 valence electrons. The van der Waals surface area contributed by atoms with Gasteiger partial charge in [0.1, 0.15) is 0 Å². The smallest absolute Gasteiger partial charge is 0.328 e. The van der Waals surface area contributed by atoms with Crippen LogP contribution in [0.3, 0.4) is 0 Å². The van der Waals surface area contributed by atoms with Crippen LogP contribution in [-0.2, 0) is 6.54 Å². The van der Waals surface area contributed by atoms with E-state index in [2.05, 4.69) is 4.98 Å². The van der Waals surface area contributed by atoms with E-state index in [-0.39, 0.29) is 6.61 Å². The molecular weight excluding hydrogens is 212 g/mol. The van der Waals surface area contributed by atoms with Crippen LogP contribution in [0.1, 0.15) is 19.3 Å². The fourth-order valence-corrected chi connectivity index (χ4v) is 1.38. The topological polar surface area (TPSA) is 95.3 Å². The van der Waals surface area contributed by atoms with Crippen LogP contribution in [0, 0.1) is 0 Å². The first-order chi connectivity index (χ1) is 7.63. The van der Waals surface area contributed by atoms with Crippen molar-refractivity contribution in [2.45, 2.75) is 31.9 Å². The summed E-state index contributed by atoms with van der Waals surface area (Å²) in [5.74, 6) is 0. The summed E-state index contributed by atoms with van der Waals surface area (Å²) in [5.41, 5.74) is -0.899. The molecule has 6 heteroatoms. The molecule has 0 saturated carbocycles. The average Bonchev–Trinajstić information content (AvgIpc) is 2.25. The maximum absolute atomic E-state index is 11.3. The highest BCUT2D eigenvalue weighted by Crippen LogP contribution is 2.01. The first-order valence-electron chi connectivity index (χ1n) is 5.22. The van der Waals surface area contributed by atoms with E-state index >= 15 is 0 Å². The molecule has 0 aliphatic carbocycles. The van der Waals surface area contributed by atoms with Crippen LogP contribution in [-0.4, -0.2) is 32.5 Å². The Balaban J connectivity index is 2.48. The molecular formula is C10H16N2O4. The predicted octanol–water partition coefficient (Wildman–Crippen LogP) is -0.940. The fourth-order valence-electron chi connectivity index (χ4n) is 1.38. The molecule has 3 N–H and O–H groups in total. The van der Waals surface area contributed by atoms with E-state index in [4.69, 9.17) is 5.11 Å². The van der Waals surface area contributed by atoms with Crippen molar-refractivity contribution in [3.8, 4) is 0 Å². The largest absolute Gasteiger partial charge is 0.396 e. The Labute approximate surface area is 92.2 Å². The van der Waals surface area contributed by atoms with Crippen LogP contribution in [0.2, 0.25) is 0 Å². The molecule has 0 radical (unpaired) electrons. The highest BCUT2D eigenvalue weighted by Gasteiger charge is 2.04. The van der Waals surface area contributed by atoms with E-state index in [1.54, 1.807) is 0 Å². The first-order valence-corrected chi connectivity index (χ1v) is 5.22. The van der Waals surface area contributed by atoms with Crippen molar-refractivity contribution in [1.29, 1.82) is 0 Å². The van der Waals surface area contributed by atoms with Crippen molar-refractivity contribution in [1.82, 2.24) is 9.55 Å². The summed E-state index contributed by atoms with van der Waals surface area (Å²) in [6.45, 7) is 0.401. The van der Waals surface area contributed by atoms with Gasteiger partial charge in [-0.1, -0.05) is 0 Å². The van der Waals surface area contributed by atoms with E-state index in [0.717, 1.165) is 0 Å². The van der Waals surface area contributed by atoms with E-state index in [0.29, 0.717) is 25.8 Å². The molecule has 1 aromatic heterocycles. The number of hydrogen-bond donors (Lipinski definition) is 3. The molecule has 1 rings (SSSR count). The van der Waals surface area contributed by atoms with Crippen LogP contribution in [0.4, 0.5) is 0 Å². The molecule has 0 saturated heterocycles. The van der Waals surface area contributed by atoms with Gasteiger partial charge in [0, 0.05) is 25.4 Å². The number of aromatic nitrogens is 2. The minimum atomic E-state index is -0.536. The Hall–Kier alpha value is -1.40. The van der Waals surface area contributed by atoms with Gasteiger partial charge in [0.15, 0.2) is 0 Å². The van der Waals surface area contributed by atoms with Crippen molar-refractivity contribution >= 4 is 0 Å². The van der Waals surface area contributed by atoms with Gasteiger partial charge in [-0.3, -0.25) is 9.78 Å². The SMILES string of the molecule is O=c1ccn(CCC(O)CCCO)c(=O)[nH]1. The van der Waals surface area contributed by atoms with Gasteiger partial charge in [0.05, 0.1) is 6.10 Å². The number of aliphatic hydroxyl groups excluding tert-OH is 2.